The summed E-state index contributed by atoms with van der Waals surface area (Å²) in [5.74, 6) is 0.484. The monoisotopic (exact) mass is 584 g/mol. The van der Waals surface area contributed by atoms with E-state index in [-0.39, 0.29) is 10.8 Å². The lowest BCUT2D eigenvalue weighted by Gasteiger charge is -2.34. The molecule has 0 bridgehead atoms. The second-order valence-corrected chi connectivity index (χ2v) is 14.4. The van der Waals surface area contributed by atoms with Crippen molar-refractivity contribution in [3.8, 4) is 0 Å². The van der Waals surface area contributed by atoms with Gasteiger partial charge in [0.25, 0.3) is 5.91 Å². The Hall–Kier alpha value is -2.37. The lowest BCUT2D eigenvalue weighted by Crippen LogP contribution is -2.42. The van der Waals surface area contributed by atoms with Crippen LogP contribution < -0.4 is 4.90 Å². The maximum absolute atomic E-state index is 13.9. The number of rotatable bonds is 8. The minimum absolute atomic E-state index is 0.167. The number of aryl methyl sites for hydroxylation is 2. The van der Waals surface area contributed by atoms with E-state index in [9.17, 15) is 13.2 Å². The SMILES string of the molecule is Cc1cc(C)c2sc(N(CCCN3CCOCC3)C(=O)c3ccc(S(=O)(=O)N4CC(C)CC(C)C4)cc3)nc2c1. The van der Waals surface area contributed by atoms with Gasteiger partial charge in [-0.15, -0.1) is 0 Å². The Morgan fingerprint density at radius 2 is 1.75 bits per heavy atom. The van der Waals surface area contributed by atoms with Gasteiger partial charge in [0.2, 0.25) is 10.0 Å². The second-order valence-electron chi connectivity index (χ2n) is 11.5. The third kappa shape index (κ3) is 6.41. The Bertz CT molecular complexity index is 1440. The number of aromatic nitrogens is 1. The van der Waals surface area contributed by atoms with E-state index in [1.54, 1.807) is 33.5 Å². The van der Waals surface area contributed by atoms with Gasteiger partial charge in [-0.1, -0.05) is 31.3 Å². The van der Waals surface area contributed by atoms with Gasteiger partial charge < -0.3 is 4.74 Å². The summed E-state index contributed by atoms with van der Waals surface area (Å²) >= 11 is 1.53. The average Bonchev–Trinajstić information content (AvgIpc) is 3.35. The van der Waals surface area contributed by atoms with Gasteiger partial charge >= 0.3 is 0 Å². The van der Waals surface area contributed by atoms with Crippen molar-refractivity contribution in [3.05, 3.63) is 53.1 Å². The number of sulfonamides is 1. The van der Waals surface area contributed by atoms with Crippen LogP contribution in [0.4, 0.5) is 5.13 Å². The number of thiazole rings is 1. The van der Waals surface area contributed by atoms with E-state index in [1.165, 1.54) is 11.3 Å². The van der Waals surface area contributed by atoms with E-state index < -0.39 is 10.0 Å². The van der Waals surface area contributed by atoms with Crippen molar-refractivity contribution in [3.63, 3.8) is 0 Å². The van der Waals surface area contributed by atoms with Crippen LogP contribution in [0, 0.1) is 25.7 Å². The summed E-state index contributed by atoms with van der Waals surface area (Å²) in [5, 5.41) is 0.670. The highest BCUT2D eigenvalue weighted by atomic mass is 32.2. The number of anilines is 1. The number of hydrogen-bond acceptors (Lipinski definition) is 7. The number of piperidine rings is 1. The largest absolute Gasteiger partial charge is 0.379 e. The first kappa shape index (κ1) is 29.1. The summed E-state index contributed by atoms with van der Waals surface area (Å²) in [6.07, 6.45) is 1.84. The molecule has 0 saturated carbocycles. The Kier molecular flexibility index (Phi) is 8.92. The molecule has 1 aromatic heterocycles. The summed E-state index contributed by atoms with van der Waals surface area (Å²) < 4.78 is 34.9. The Balaban J connectivity index is 1.39. The van der Waals surface area contributed by atoms with Crippen LogP contribution in [0.1, 0.15) is 48.2 Å². The topological polar surface area (TPSA) is 83.0 Å². The fraction of sp³-hybridized carbons (Fsp3) is 0.533. The number of nitrogens with zero attached hydrogens (tertiary/aromatic N) is 4. The van der Waals surface area contributed by atoms with Crippen LogP contribution in [0.15, 0.2) is 41.3 Å². The predicted molar refractivity (Wildman–Crippen MR) is 161 cm³/mol. The molecule has 0 N–H and O–H groups in total. The zero-order valence-electron chi connectivity index (χ0n) is 23.9. The standard InChI is InChI=1S/C30H40N4O4S2/c1-21-17-24(4)28-27(18-21)31-30(39-28)34(11-5-10-32-12-14-38-15-13-32)29(35)25-6-8-26(9-7-25)40(36,37)33-19-22(2)16-23(3)20-33/h6-9,17-18,22-23H,5,10-16,19-20H2,1-4H3. The highest BCUT2D eigenvalue weighted by Crippen LogP contribution is 2.33. The molecule has 5 rings (SSSR count). The molecule has 2 saturated heterocycles. The summed E-state index contributed by atoms with van der Waals surface area (Å²) in [5.41, 5.74) is 3.64. The molecule has 3 heterocycles. The normalized spacial score (nSPS) is 21.1. The van der Waals surface area contributed by atoms with E-state index in [0.29, 0.717) is 42.2 Å². The first-order valence-electron chi connectivity index (χ1n) is 14.2. The van der Waals surface area contributed by atoms with Crippen molar-refractivity contribution >= 4 is 42.6 Å². The molecule has 10 heteroatoms. The van der Waals surface area contributed by atoms with Crippen LogP contribution >= 0.6 is 11.3 Å². The molecule has 2 aliphatic heterocycles. The molecule has 216 valence electrons. The molecule has 40 heavy (non-hydrogen) atoms. The number of carbonyl (C=O) groups excluding carboxylic acids is 1. The number of carbonyl (C=O) groups is 1. The van der Waals surface area contributed by atoms with Crippen LogP contribution in [0.5, 0.6) is 0 Å². The molecule has 0 aliphatic carbocycles. The molecule has 1 amide bonds. The fourth-order valence-corrected chi connectivity index (χ4v) is 8.64. The van der Waals surface area contributed by atoms with Crippen molar-refractivity contribution in [1.29, 1.82) is 0 Å². The van der Waals surface area contributed by atoms with Crippen molar-refractivity contribution in [2.24, 2.45) is 11.8 Å². The van der Waals surface area contributed by atoms with Gasteiger partial charge in [-0.2, -0.15) is 4.31 Å². The highest BCUT2D eigenvalue weighted by molar-refractivity contribution is 7.89. The van der Waals surface area contributed by atoms with Gasteiger partial charge in [0, 0.05) is 44.8 Å². The molecule has 3 aromatic rings. The predicted octanol–water partition coefficient (Wildman–Crippen LogP) is 4.95. The van der Waals surface area contributed by atoms with Crippen LogP contribution in [-0.4, -0.2) is 81.0 Å². The molecule has 2 aliphatic rings. The number of hydrogen-bond donors (Lipinski definition) is 0. The maximum atomic E-state index is 13.9. The maximum Gasteiger partial charge on any atom is 0.260 e. The minimum atomic E-state index is -3.61. The smallest absolute Gasteiger partial charge is 0.260 e. The molecule has 2 unspecified atom stereocenters. The third-order valence-corrected chi connectivity index (χ3v) is 10.9. The average molecular weight is 585 g/mol. The summed E-state index contributed by atoms with van der Waals surface area (Å²) in [6.45, 7) is 14.1. The Labute approximate surface area is 242 Å². The van der Waals surface area contributed by atoms with E-state index in [4.69, 9.17) is 9.72 Å². The molecule has 0 radical (unpaired) electrons. The van der Waals surface area contributed by atoms with Gasteiger partial charge in [0.05, 0.1) is 28.3 Å². The van der Waals surface area contributed by atoms with Crippen LogP contribution in [0.2, 0.25) is 0 Å². The molecule has 8 nitrogen and oxygen atoms in total. The second kappa shape index (κ2) is 12.2. The lowest BCUT2D eigenvalue weighted by molar-refractivity contribution is 0.0376. The van der Waals surface area contributed by atoms with Gasteiger partial charge in [-0.3, -0.25) is 14.6 Å². The van der Waals surface area contributed by atoms with E-state index in [1.807, 2.05) is 0 Å². The Morgan fingerprint density at radius 1 is 1.07 bits per heavy atom. The molecule has 2 aromatic carbocycles. The quantitative estimate of drug-likeness (QED) is 0.373. The number of benzene rings is 2. The number of fused-ring (bicyclic) bond motifs is 1. The fourth-order valence-electron chi connectivity index (χ4n) is 5.92. The molecular weight excluding hydrogens is 544 g/mol. The van der Waals surface area contributed by atoms with Crippen LogP contribution in [0.3, 0.4) is 0 Å². The number of morpholine rings is 1. The Morgan fingerprint density at radius 3 is 2.42 bits per heavy atom. The van der Waals surface area contributed by atoms with E-state index in [0.717, 1.165) is 67.0 Å². The van der Waals surface area contributed by atoms with E-state index in [2.05, 4.69) is 44.7 Å². The zero-order chi connectivity index (χ0) is 28.4. The minimum Gasteiger partial charge on any atom is -0.379 e. The van der Waals surface area contributed by atoms with E-state index >= 15 is 0 Å². The van der Waals surface area contributed by atoms with Gasteiger partial charge in [0.1, 0.15) is 0 Å². The zero-order valence-corrected chi connectivity index (χ0v) is 25.6. The van der Waals surface area contributed by atoms with Gasteiger partial charge in [-0.05, 0) is 80.0 Å². The summed E-state index contributed by atoms with van der Waals surface area (Å²) in [7, 11) is -3.61. The van der Waals surface area contributed by atoms with Crippen molar-refractivity contribution in [2.45, 2.75) is 45.4 Å². The number of amides is 1. The highest BCUT2D eigenvalue weighted by Gasteiger charge is 2.32. The first-order chi connectivity index (χ1) is 19.1. The van der Waals surface area contributed by atoms with Crippen molar-refractivity contribution in [1.82, 2.24) is 14.2 Å². The molecular formula is C30H40N4O4S2. The summed E-state index contributed by atoms with van der Waals surface area (Å²) in [6, 6.07) is 10.6. The third-order valence-electron chi connectivity index (χ3n) is 7.82. The molecule has 0 spiro atoms. The van der Waals surface area contributed by atoms with Gasteiger partial charge in [0.15, 0.2) is 5.13 Å². The van der Waals surface area contributed by atoms with Crippen molar-refractivity contribution in [2.75, 3.05) is 57.4 Å². The summed E-state index contributed by atoms with van der Waals surface area (Å²) in [4.78, 5) is 23.1. The lowest BCUT2D eigenvalue weighted by atomic mass is 9.94. The molecule has 2 fully saturated rings. The van der Waals surface area contributed by atoms with Gasteiger partial charge in [-0.25, -0.2) is 13.4 Å². The number of ether oxygens (including phenoxy) is 1. The van der Waals surface area contributed by atoms with Crippen molar-refractivity contribution < 1.29 is 17.9 Å². The van der Waals surface area contributed by atoms with Crippen LogP contribution in [0.25, 0.3) is 10.2 Å². The first-order valence-corrected chi connectivity index (χ1v) is 16.5. The van der Waals surface area contributed by atoms with Crippen LogP contribution in [-0.2, 0) is 14.8 Å². The molecule has 2 atom stereocenters.